The maximum atomic E-state index is 3.73. The summed E-state index contributed by atoms with van der Waals surface area (Å²) in [5.74, 6) is 0. The van der Waals surface area contributed by atoms with Gasteiger partial charge in [-0.2, -0.15) is 0 Å². The zero-order chi connectivity index (χ0) is 32.3. The maximum Gasteiger partial charge on any atom is 0.0633 e. The molecule has 230 valence electrons. The first-order valence-corrected chi connectivity index (χ1v) is 17.0. The fraction of sp³-hybridized carbons (Fsp3) is 0.0426. The van der Waals surface area contributed by atoms with Gasteiger partial charge in [0.2, 0.25) is 0 Å². The Morgan fingerprint density at radius 1 is 0.612 bits per heavy atom. The molecule has 2 heterocycles. The molecule has 1 aromatic heterocycles. The van der Waals surface area contributed by atoms with Gasteiger partial charge >= 0.3 is 0 Å². The second-order valence-electron chi connectivity index (χ2n) is 13.0. The minimum Gasteiger partial charge on any atom is -0.333 e. The van der Waals surface area contributed by atoms with Crippen molar-refractivity contribution in [1.29, 1.82) is 0 Å². The van der Waals surface area contributed by atoms with Crippen molar-refractivity contribution in [3.8, 4) is 16.8 Å². The smallest absolute Gasteiger partial charge is 0.0633 e. The van der Waals surface area contributed by atoms with E-state index < -0.39 is 0 Å². The lowest BCUT2D eigenvalue weighted by Gasteiger charge is -2.29. The summed E-state index contributed by atoms with van der Waals surface area (Å²) in [7, 11) is 0. The third-order valence-corrected chi connectivity index (χ3v) is 10.3. The van der Waals surface area contributed by atoms with Gasteiger partial charge in [-0.1, -0.05) is 115 Å². The summed E-state index contributed by atoms with van der Waals surface area (Å²) >= 11 is 0. The largest absolute Gasteiger partial charge is 0.333 e. The van der Waals surface area contributed by atoms with Crippen LogP contribution in [-0.4, -0.2) is 10.6 Å². The first kappa shape index (κ1) is 27.7. The summed E-state index contributed by atoms with van der Waals surface area (Å²) in [6.45, 7) is 0. The molecule has 49 heavy (non-hydrogen) atoms. The summed E-state index contributed by atoms with van der Waals surface area (Å²) in [6, 6.07) is 52.8. The Balaban J connectivity index is 1.03. The van der Waals surface area contributed by atoms with Gasteiger partial charge in [0.15, 0.2) is 0 Å². The number of hydrogen-bond donors (Lipinski definition) is 0. The number of nitrogens with zero attached hydrogens (tertiary/aromatic N) is 2. The van der Waals surface area contributed by atoms with Crippen LogP contribution in [0.15, 0.2) is 181 Å². The molecule has 0 fully saturated rings. The molecule has 2 heteroatoms. The van der Waals surface area contributed by atoms with Gasteiger partial charge in [-0.05, 0) is 100 Å². The molecular weight excluding hydrogens is 593 g/mol. The van der Waals surface area contributed by atoms with E-state index in [1.54, 1.807) is 0 Å². The average molecular weight is 625 g/mol. The van der Waals surface area contributed by atoms with Gasteiger partial charge in [-0.3, -0.25) is 0 Å². The molecule has 1 aliphatic heterocycles. The number of allylic oxidation sites excluding steroid dienone is 4. The third kappa shape index (κ3) is 4.50. The standard InChI is InChI=1S/C47H32N2/c1-2-10-32(11-3-1)34-18-24-38(25-19-34)48-44-16-8-6-14-40(44)42-27-21-35(22-28-46(42)48)37-23-29-47-43(31-37)41-15-7-9-17-45(41)49(47)39-26-20-33-12-4-5-13-36(33)30-39/h1-20,22-28,30-31,47H,29H2. The Hall–Kier alpha value is -6.34. The van der Waals surface area contributed by atoms with Crippen LogP contribution in [0.2, 0.25) is 0 Å². The van der Waals surface area contributed by atoms with Gasteiger partial charge in [0.1, 0.15) is 0 Å². The summed E-state index contributed by atoms with van der Waals surface area (Å²) in [5.41, 5.74) is 18.4. The Bertz CT molecular complexity index is 2600. The van der Waals surface area contributed by atoms with Crippen LogP contribution in [0.5, 0.6) is 0 Å². The second-order valence-corrected chi connectivity index (χ2v) is 13.0. The van der Waals surface area contributed by atoms with E-state index in [1.807, 2.05) is 0 Å². The number of hydrogen-bond acceptors (Lipinski definition) is 1. The van der Waals surface area contributed by atoms with Crippen molar-refractivity contribution in [2.45, 2.75) is 12.5 Å². The molecule has 3 aliphatic rings. The van der Waals surface area contributed by atoms with E-state index in [0.717, 1.165) is 17.7 Å². The number of fused-ring (bicyclic) bond motifs is 7. The monoisotopic (exact) mass is 624 g/mol. The molecule has 0 amide bonds. The molecule has 0 radical (unpaired) electrons. The first-order chi connectivity index (χ1) is 24.3. The summed E-state index contributed by atoms with van der Waals surface area (Å²) < 4.78 is 2.38. The van der Waals surface area contributed by atoms with Gasteiger partial charge in [-0.15, -0.1) is 5.73 Å². The van der Waals surface area contributed by atoms with Crippen molar-refractivity contribution in [2.75, 3.05) is 4.90 Å². The van der Waals surface area contributed by atoms with E-state index in [-0.39, 0.29) is 6.04 Å². The molecule has 10 rings (SSSR count). The van der Waals surface area contributed by atoms with Crippen LogP contribution in [0.3, 0.4) is 0 Å². The fourth-order valence-corrected chi connectivity index (χ4v) is 7.97. The molecule has 0 saturated heterocycles. The Morgan fingerprint density at radius 3 is 2.24 bits per heavy atom. The van der Waals surface area contributed by atoms with Crippen LogP contribution in [0.4, 0.5) is 11.4 Å². The summed E-state index contributed by atoms with van der Waals surface area (Å²) in [4.78, 5) is 2.53. The van der Waals surface area contributed by atoms with E-state index in [9.17, 15) is 0 Å². The molecule has 2 aliphatic carbocycles. The van der Waals surface area contributed by atoms with E-state index >= 15 is 0 Å². The van der Waals surface area contributed by atoms with Crippen LogP contribution < -0.4 is 4.90 Å². The van der Waals surface area contributed by atoms with Crippen LogP contribution in [0.1, 0.15) is 23.2 Å². The van der Waals surface area contributed by atoms with Gasteiger partial charge in [0.25, 0.3) is 0 Å². The predicted octanol–water partition coefficient (Wildman–Crippen LogP) is 11.9. The van der Waals surface area contributed by atoms with Crippen molar-refractivity contribution in [3.63, 3.8) is 0 Å². The Kier molecular flexibility index (Phi) is 6.30. The molecule has 0 N–H and O–H groups in total. The third-order valence-electron chi connectivity index (χ3n) is 10.3. The van der Waals surface area contributed by atoms with Crippen molar-refractivity contribution in [2.24, 2.45) is 0 Å². The van der Waals surface area contributed by atoms with Gasteiger partial charge < -0.3 is 9.47 Å². The average Bonchev–Trinajstić information content (AvgIpc) is 3.57. The van der Waals surface area contributed by atoms with E-state index in [0.29, 0.717) is 0 Å². The Morgan fingerprint density at radius 2 is 1.35 bits per heavy atom. The highest BCUT2D eigenvalue weighted by molar-refractivity contribution is 5.98. The minimum atomic E-state index is 0.256. The molecule has 1 atom stereocenters. The van der Waals surface area contributed by atoms with Gasteiger partial charge in [0, 0.05) is 39.1 Å². The SMILES string of the molecule is C1=Cc2c(n(-c3ccc(-c4ccccc4)cc3)c3ccccc23)C=CC=1C1=CCC2C(=C1)c1ccccc1N2c1ccc2ccccc2c1. The van der Waals surface area contributed by atoms with E-state index in [2.05, 4.69) is 191 Å². The zero-order valence-corrected chi connectivity index (χ0v) is 26.9. The zero-order valence-electron chi connectivity index (χ0n) is 26.9. The summed E-state index contributed by atoms with van der Waals surface area (Å²) in [5, 5.41) is 3.77. The molecule has 7 aromatic rings. The molecule has 1 unspecified atom stereocenters. The van der Waals surface area contributed by atoms with E-state index in [1.165, 1.54) is 72.1 Å². The first-order valence-electron chi connectivity index (χ1n) is 17.0. The van der Waals surface area contributed by atoms with Crippen LogP contribution >= 0.6 is 0 Å². The maximum absolute atomic E-state index is 3.73. The van der Waals surface area contributed by atoms with Crippen molar-refractivity contribution < 1.29 is 0 Å². The number of para-hydroxylation sites is 2. The highest BCUT2D eigenvalue weighted by Gasteiger charge is 2.36. The number of benzene rings is 6. The topological polar surface area (TPSA) is 8.17 Å². The lowest BCUT2D eigenvalue weighted by Crippen LogP contribution is -2.27. The highest BCUT2D eigenvalue weighted by Crippen LogP contribution is 2.49. The second kappa shape index (κ2) is 11.1. The molecule has 2 nitrogen and oxygen atoms in total. The quantitative estimate of drug-likeness (QED) is 0.177. The normalized spacial score (nSPS) is 16.1. The molecular formula is C47H32N2. The lowest BCUT2D eigenvalue weighted by molar-refractivity contribution is 0.825. The van der Waals surface area contributed by atoms with Gasteiger partial charge in [-0.25, -0.2) is 0 Å². The van der Waals surface area contributed by atoms with Crippen LogP contribution in [-0.2, 0) is 0 Å². The number of aromatic nitrogens is 1. The lowest BCUT2D eigenvalue weighted by atomic mass is 9.89. The molecule has 6 aromatic carbocycles. The highest BCUT2D eigenvalue weighted by atomic mass is 15.2. The molecule has 0 bridgehead atoms. The van der Waals surface area contributed by atoms with Gasteiger partial charge in [0.05, 0.1) is 17.3 Å². The predicted molar refractivity (Wildman–Crippen MR) is 206 cm³/mol. The van der Waals surface area contributed by atoms with Crippen LogP contribution in [0, 0.1) is 0 Å². The fourth-order valence-electron chi connectivity index (χ4n) is 7.97. The molecule has 0 spiro atoms. The minimum absolute atomic E-state index is 0.256. The van der Waals surface area contributed by atoms with Crippen LogP contribution in [0.25, 0.3) is 56.2 Å². The van der Waals surface area contributed by atoms with Crippen molar-refractivity contribution >= 4 is 50.8 Å². The summed E-state index contributed by atoms with van der Waals surface area (Å²) in [6.07, 6.45) is 12.5. The van der Waals surface area contributed by atoms with Crippen molar-refractivity contribution in [1.82, 2.24) is 4.57 Å². The van der Waals surface area contributed by atoms with E-state index in [4.69, 9.17) is 0 Å². The van der Waals surface area contributed by atoms with Crippen molar-refractivity contribution in [3.05, 3.63) is 198 Å². The number of rotatable bonds is 4. The Labute approximate surface area is 286 Å². The molecule has 0 saturated carbocycles. The number of anilines is 2.